The summed E-state index contributed by atoms with van der Waals surface area (Å²) in [5.41, 5.74) is 4.92. The van der Waals surface area contributed by atoms with Crippen molar-refractivity contribution < 1.29 is 18.8 Å². The molecule has 0 bridgehead atoms. The van der Waals surface area contributed by atoms with Gasteiger partial charge in [-0.25, -0.2) is 0 Å². The van der Waals surface area contributed by atoms with E-state index in [0.29, 0.717) is 25.6 Å². The van der Waals surface area contributed by atoms with Crippen LogP contribution in [0.5, 0.6) is 5.75 Å². The fourth-order valence-corrected chi connectivity index (χ4v) is 2.21. The number of benzene rings is 1. The van der Waals surface area contributed by atoms with E-state index in [1.807, 2.05) is 0 Å². The molecule has 1 amide bonds. The van der Waals surface area contributed by atoms with Crippen LogP contribution in [-0.4, -0.2) is 42.0 Å². The van der Waals surface area contributed by atoms with Crippen molar-refractivity contribution >= 4 is 11.6 Å². The fourth-order valence-electron chi connectivity index (χ4n) is 2.21. The van der Waals surface area contributed by atoms with Gasteiger partial charge >= 0.3 is 5.69 Å². The fraction of sp³-hybridized carbons (Fsp3) is 0.462. The third-order valence-electron chi connectivity index (χ3n) is 3.45. The van der Waals surface area contributed by atoms with Gasteiger partial charge in [0.15, 0.2) is 6.61 Å². The molecule has 0 aliphatic carbocycles. The van der Waals surface area contributed by atoms with Crippen molar-refractivity contribution in [1.29, 1.82) is 0 Å². The van der Waals surface area contributed by atoms with Crippen LogP contribution in [0.2, 0.25) is 0 Å². The number of halogens is 1. The standard InChI is InChI=1S/C13H16FN3O4/c14-11-5-10(1-2-12(11)17(19)20)21-8-13(18)16-4-3-9(6-15)7-16/h1-2,5,9H,3-4,6-8,15H2. The third kappa shape index (κ3) is 3.66. The second-order valence-electron chi connectivity index (χ2n) is 4.89. The molecule has 2 N–H and O–H groups in total. The van der Waals surface area contributed by atoms with E-state index in [-0.39, 0.29) is 18.3 Å². The van der Waals surface area contributed by atoms with E-state index in [0.717, 1.165) is 18.6 Å². The number of carbonyl (C=O) groups excluding carboxylic acids is 1. The van der Waals surface area contributed by atoms with Gasteiger partial charge in [0, 0.05) is 25.2 Å². The number of carbonyl (C=O) groups is 1. The minimum Gasteiger partial charge on any atom is -0.484 e. The lowest BCUT2D eigenvalue weighted by atomic mass is 10.1. The first-order valence-electron chi connectivity index (χ1n) is 6.56. The number of nitrogens with two attached hydrogens (primary N) is 1. The Kier molecular flexibility index (Phi) is 4.69. The molecule has 1 aromatic rings. The van der Waals surface area contributed by atoms with Crippen molar-refractivity contribution in [2.45, 2.75) is 6.42 Å². The minimum atomic E-state index is -0.991. The van der Waals surface area contributed by atoms with E-state index in [1.54, 1.807) is 4.90 Å². The Labute approximate surface area is 120 Å². The number of likely N-dealkylation sites (tertiary alicyclic amines) is 1. The monoisotopic (exact) mass is 297 g/mol. The molecule has 8 heteroatoms. The van der Waals surface area contributed by atoms with Gasteiger partial charge in [-0.1, -0.05) is 0 Å². The lowest BCUT2D eigenvalue weighted by molar-refractivity contribution is -0.387. The summed E-state index contributed by atoms with van der Waals surface area (Å²) in [4.78, 5) is 23.2. The molecule has 1 heterocycles. The van der Waals surface area contributed by atoms with Gasteiger partial charge in [-0.3, -0.25) is 14.9 Å². The molecule has 1 aliphatic heterocycles. The van der Waals surface area contributed by atoms with E-state index in [2.05, 4.69) is 0 Å². The zero-order chi connectivity index (χ0) is 15.4. The molecule has 21 heavy (non-hydrogen) atoms. The number of nitro groups is 1. The first kappa shape index (κ1) is 15.2. The number of amides is 1. The van der Waals surface area contributed by atoms with Crippen LogP contribution in [0, 0.1) is 21.8 Å². The summed E-state index contributed by atoms with van der Waals surface area (Å²) < 4.78 is 18.6. The molecule has 1 fully saturated rings. The van der Waals surface area contributed by atoms with Gasteiger partial charge in [0.1, 0.15) is 5.75 Å². The molecule has 1 saturated heterocycles. The SMILES string of the molecule is NCC1CCN(C(=O)COc2ccc([N+](=O)[O-])c(F)c2)C1. The Hall–Kier alpha value is -2.22. The summed E-state index contributed by atoms with van der Waals surface area (Å²) in [5, 5.41) is 10.5. The first-order valence-corrected chi connectivity index (χ1v) is 6.56. The number of hydrogen-bond acceptors (Lipinski definition) is 5. The molecular formula is C13H16FN3O4. The molecule has 0 aromatic heterocycles. The molecule has 1 unspecified atom stereocenters. The molecule has 0 saturated carbocycles. The lowest BCUT2D eigenvalue weighted by Crippen LogP contribution is -2.33. The molecule has 1 aromatic carbocycles. The molecule has 114 valence electrons. The van der Waals surface area contributed by atoms with E-state index in [9.17, 15) is 19.3 Å². The molecule has 1 atom stereocenters. The molecule has 7 nitrogen and oxygen atoms in total. The Balaban J connectivity index is 1.90. The molecule has 1 aliphatic rings. The number of ether oxygens (including phenoxy) is 1. The lowest BCUT2D eigenvalue weighted by Gasteiger charge is -2.16. The van der Waals surface area contributed by atoms with Gasteiger partial charge in [0.25, 0.3) is 5.91 Å². The quantitative estimate of drug-likeness (QED) is 0.643. The summed E-state index contributed by atoms with van der Waals surface area (Å²) in [6, 6.07) is 3.18. The average molecular weight is 297 g/mol. The van der Waals surface area contributed by atoms with Gasteiger partial charge in [-0.05, 0) is 24.9 Å². The van der Waals surface area contributed by atoms with Crippen LogP contribution in [0.3, 0.4) is 0 Å². The van der Waals surface area contributed by atoms with E-state index in [1.165, 1.54) is 6.07 Å². The maximum atomic E-state index is 13.4. The second kappa shape index (κ2) is 6.49. The smallest absolute Gasteiger partial charge is 0.305 e. The summed E-state index contributed by atoms with van der Waals surface area (Å²) in [6.45, 7) is 1.55. The second-order valence-corrected chi connectivity index (χ2v) is 4.89. The number of nitro benzene ring substituents is 1. The Morgan fingerprint density at radius 2 is 2.33 bits per heavy atom. The molecular weight excluding hydrogens is 281 g/mol. The summed E-state index contributed by atoms with van der Waals surface area (Å²) in [7, 11) is 0. The van der Waals surface area contributed by atoms with Gasteiger partial charge in [0.05, 0.1) is 4.92 Å². The Bertz CT molecular complexity index is 552. The van der Waals surface area contributed by atoms with Crippen LogP contribution in [0.25, 0.3) is 0 Å². The van der Waals surface area contributed by atoms with Crippen molar-refractivity contribution in [3.8, 4) is 5.75 Å². The normalized spacial score (nSPS) is 17.8. The van der Waals surface area contributed by atoms with E-state index in [4.69, 9.17) is 10.5 Å². The van der Waals surface area contributed by atoms with Gasteiger partial charge in [0.2, 0.25) is 5.82 Å². The number of nitrogens with zero attached hydrogens (tertiary/aromatic N) is 2. The minimum absolute atomic E-state index is 0.0843. The van der Waals surface area contributed by atoms with Crippen LogP contribution in [0.1, 0.15) is 6.42 Å². The van der Waals surface area contributed by atoms with Crippen molar-refractivity contribution in [2.75, 3.05) is 26.2 Å². The van der Waals surface area contributed by atoms with Gasteiger partial charge in [-0.2, -0.15) is 4.39 Å². The van der Waals surface area contributed by atoms with Crippen LogP contribution in [0.15, 0.2) is 18.2 Å². The summed E-state index contributed by atoms with van der Waals surface area (Å²) in [5.74, 6) is -0.800. The molecule has 0 radical (unpaired) electrons. The highest BCUT2D eigenvalue weighted by atomic mass is 19.1. The van der Waals surface area contributed by atoms with Crippen molar-refractivity contribution in [3.05, 3.63) is 34.1 Å². The van der Waals surface area contributed by atoms with Crippen LogP contribution in [0.4, 0.5) is 10.1 Å². The third-order valence-corrected chi connectivity index (χ3v) is 3.45. The zero-order valence-electron chi connectivity index (χ0n) is 11.3. The van der Waals surface area contributed by atoms with Gasteiger partial charge < -0.3 is 15.4 Å². The highest BCUT2D eigenvalue weighted by Crippen LogP contribution is 2.22. The van der Waals surface area contributed by atoms with E-state index >= 15 is 0 Å². The predicted molar refractivity (Wildman–Crippen MR) is 72.3 cm³/mol. The van der Waals surface area contributed by atoms with E-state index < -0.39 is 16.4 Å². The first-order chi connectivity index (χ1) is 10.0. The molecule has 2 rings (SSSR count). The summed E-state index contributed by atoms with van der Waals surface area (Å²) in [6.07, 6.45) is 0.869. The maximum absolute atomic E-state index is 13.4. The highest BCUT2D eigenvalue weighted by Gasteiger charge is 2.25. The zero-order valence-corrected chi connectivity index (χ0v) is 11.3. The number of rotatable bonds is 5. The van der Waals surface area contributed by atoms with Gasteiger partial charge in [-0.15, -0.1) is 0 Å². The Morgan fingerprint density at radius 1 is 1.57 bits per heavy atom. The van der Waals surface area contributed by atoms with Crippen molar-refractivity contribution in [2.24, 2.45) is 11.7 Å². The largest absolute Gasteiger partial charge is 0.484 e. The Morgan fingerprint density at radius 3 is 2.90 bits per heavy atom. The summed E-state index contributed by atoms with van der Waals surface area (Å²) >= 11 is 0. The highest BCUT2D eigenvalue weighted by molar-refractivity contribution is 5.78. The van der Waals surface area contributed by atoms with Crippen LogP contribution >= 0.6 is 0 Å². The average Bonchev–Trinajstić information content (AvgIpc) is 2.93. The topological polar surface area (TPSA) is 98.7 Å². The number of hydrogen-bond donors (Lipinski definition) is 1. The van der Waals surface area contributed by atoms with Crippen molar-refractivity contribution in [1.82, 2.24) is 4.90 Å². The van der Waals surface area contributed by atoms with Crippen LogP contribution < -0.4 is 10.5 Å². The van der Waals surface area contributed by atoms with Crippen LogP contribution in [-0.2, 0) is 4.79 Å². The maximum Gasteiger partial charge on any atom is 0.305 e. The molecule has 0 spiro atoms. The predicted octanol–water partition coefficient (Wildman–Crippen LogP) is 0.920. The van der Waals surface area contributed by atoms with Crippen molar-refractivity contribution in [3.63, 3.8) is 0 Å².